The molecule has 1 amide bonds. The third-order valence-electron chi connectivity index (χ3n) is 5.55. The van der Waals surface area contributed by atoms with Gasteiger partial charge in [0.1, 0.15) is 0 Å². The van der Waals surface area contributed by atoms with E-state index in [-0.39, 0.29) is 16.8 Å². The van der Waals surface area contributed by atoms with Crippen LogP contribution < -0.4 is 5.73 Å². The molecule has 0 aliphatic carbocycles. The molecule has 0 spiro atoms. The van der Waals surface area contributed by atoms with Gasteiger partial charge in [-0.2, -0.15) is 4.31 Å². The van der Waals surface area contributed by atoms with Crippen molar-refractivity contribution < 1.29 is 13.2 Å². The zero-order valence-electron chi connectivity index (χ0n) is 15.5. The minimum Gasteiger partial charge on any atom is -0.334 e. The number of nitrogens with two attached hydrogens (primary N) is 1. The zero-order valence-corrected chi connectivity index (χ0v) is 16.3. The molecule has 2 aliphatic rings. The first-order valence-corrected chi connectivity index (χ1v) is 11.0. The van der Waals surface area contributed by atoms with Crippen molar-refractivity contribution in [2.24, 2.45) is 5.73 Å². The van der Waals surface area contributed by atoms with E-state index in [1.165, 1.54) is 0 Å². The molecule has 2 N–H and O–H groups in total. The molecule has 1 aromatic rings. The summed E-state index contributed by atoms with van der Waals surface area (Å²) in [5, 5.41) is 0. The van der Waals surface area contributed by atoms with Crippen molar-refractivity contribution in [3.8, 4) is 0 Å². The Hall–Kier alpha value is -1.44. The maximum atomic E-state index is 13.1. The lowest BCUT2D eigenvalue weighted by Crippen LogP contribution is -2.47. The van der Waals surface area contributed by atoms with Gasteiger partial charge in [-0.25, -0.2) is 8.42 Å². The Morgan fingerprint density at radius 3 is 2.50 bits per heavy atom. The van der Waals surface area contributed by atoms with Crippen LogP contribution in [0.1, 0.15) is 54.4 Å². The second kappa shape index (κ2) is 8.06. The quantitative estimate of drug-likeness (QED) is 0.868. The summed E-state index contributed by atoms with van der Waals surface area (Å²) in [6.07, 6.45) is 5.80. The van der Waals surface area contributed by atoms with Gasteiger partial charge in [-0.15, -0.1) is 0 Å². The van der Waals surface area contributed by atoms with Crippen LogP contribution in [0.3, 0.4) is 0 Å². The van der Waals surface area contributed by atoms with Gasteiger partial charge in [-0.3, -0.25) is 4.79 Å². The molecule has 1 atom stereocenters. The molecule has 26 heavy (non-hydrogen) atoms. The molecule has 2 heterocycles. The Labute approximate surface area is 156 Å². The Morgan fingerprint density at radius 1 is 1.12 bits per heavy atom. The van der Waals surface area contributed by atoms with Gasteiger partial charge >= 0.3 is 0 Å². The maximum Gasteiger partial charge on any atom is 0.254 e. The number of nitrogens with zero attached hydrogens (tertiary/aromatic N) is 2. The van der Waals surface area contributed by atoms with E-state index in [9.17, 15) is 13.2 Å². The molecule has 2 saturated heterocycles. The average molecular weight is 380 g/mol. The second-order valence-electron chi connectivity index (χ2n) is 7.33. The Morgan fingerprint density at radius 2 is 1.81 bits per heavy atom. The molecule has 6 nitrogen and oxygen atoms in total. The number of amides is 1. The Bertz CT molecular complexity index is 757. The number of hydrogen-bond donors (Lipinski definition) is 1. The summed E-state index contributed by atoms with van der Waals surface area (Å²) in [4.78, 5) is 15.1. The highest BCUT2D eigenvalue weighted by molar-refractivity contribution is 7.89. The number of benzene rings is 1. The third kappa shape index (κ3) is 3.80. The van der Waals surface area contributed by atoms with Crippen LogP contribution >= 0.6 is 0 Å². The van der Waals surface area contributed by atoms with Gasteiger partial charge in [0.15, 0.2) is 0 Å². The molecule has 2 fully saturated rings. The van der Waals surface area contributed by atoms with Crippen LogP contribution in [0.15, 0.2) is 23.1 Å². The van der Waals surface area contributed by atoms with Crippen LogP contribution in [0.5, 0.6) is 0 Å². The van der Waals surface area contributed by atoms with Gasteiger partial charge in [-0.1, -0.05) is 12.5 Å². The van der Waals surface area contributed by atoms with Crippen molar-refractivity contribution >= 4 is 15.9 Å². The largest absolute Gasteiger partial charge is 0.334 e. The number of aryl methyl sites for hydroxylation is 1. The van der Waals surface area contributed by atoms with Crippen molar-refractivity contribution in [3.05, 3.63) is 29.3 Å². The van der Waals surface area contributed by atoms with E-state index in [2.05, 4.69) is 0 Å². The highest BCUT2D eigenvalue weighted by Crippen LogP contribution is 2.25. The predicted octanol–water partition coefficient (Wildman–Crippen LogP) is 2.12. The SMILES string of the molecule is Cc1ccc(S(=O)(=O)N2CCCCC2)cc1C(=O)N1CCCCC1CN. The van der Waals surface area contributed by atoms with Crippen molar-refractivity contribution in [3.63, 3.8) is 0 Å². The fraction of sp³-hybridized carbons (Fsp3) is 0.632. The highest BCUT2D eigenvalue weighted by Gasteiger charge is 2.30. The summed E-state index contributed by atoms with van der Waals surface area (Å²) < 4.78 is 27.4. The lowest BCUT2D eigenvalue weighted by atomic mass is 9.99. The van der Waals surface area contributed by atoms with Crippen LogP contribution in [0.2, 0.25) is 0 Å². The van der Waals surface area contributed by atoms with Crippen LogP contribution in [0.25, 0.3) is 0 Å². The summed E-state index contributed by atoms with van der Waals surface area (Å²) in [6.45, 7) is 4.09. The number of piperidine rings is 2. The number of likely N-dealkylation sites (tertiary alicyclic amines) is 1. The third-order valence-corrected chi connectivity index (χ3v) is 7.45. The Kier molecular flexibility index (Phi) is 5.99. The first-order chi connectivity index (χ1) is 12.4. The van der Waals surface area contributed by atoms with Gasteiger partial charge in [-0.05, 0) is 56.7 Å². The van der Waals surface area contributed by atoms with Crippen molar-refractivity contribution in [2.75, 3.05) is 26.2 Å². The molecule has 0 bridgehead atoms. The molecule has 0 saturated carbocycles. The van der Waals surface area contributed by atoms with E-state index in [0.717, 1.165) is 44.1 Å². The smallest absolute Gasteiger partial charge is 0.254 e. The standard InChI is InChI=1S/C19H29N3O3S/c1-15-8-9-17(26(24,25)21-10-4-2-5-11-21)13-18(15)19(23)22-12-6-3-7-16(22)14-20/h8-9,13,16H,2-7,10-12,14,20H2,1H3. The first kappa shape index (κ1) is 19.3. The van der Waals surface area contributed by atoms with E-state index < -0.39 is 10.0 Å². The fourth-order valence-electron chi connectivity index (χ4n) is 3.91. The summed E-state index contributed by atoms with van der Waals surface area (Å²) in [5.41, 5.74) is 7.12. The number of carbonyl (C=O) groups excluding carboxylic acids is 1. The van der Waals surface area contributed by atoms with E-state index in [1.807, 2.05) is 11.8 Å². The topological polar surface area (TPSA) is 83.7 Å². The molecule has 1 aromatic carbocycles. The normalized spacial score (nSPS) is 22.4. The lowest BCUT2D eigenvalue weighted by Gasteiger charge is -2.35. The van der Waals surface area contributed by atoms with Gasteiger partial charge in [0.25, 0.3) is 5.91 Å². The summed E-state index contributed by atoms with van der Waals surface area (Å²) in [7, 11) is -3.55. The minimum absolute atomic E-state index is 0.0398. The molecule has 1 unspecified atom stereocenters. The van der Waals surface area contributed by atoms with Crippen LogP contribution in [-0.2, 0) is 10.0 Å². The summed E-state index contributed by atoms with van der Waals surface area (Å²) >= 11 is 0. The minimum atomic E-state index is -3.55. The van der Waals surface area contributed by atoms with Crippen molar-refractivity contribution in [1.29, 1.82) is 0 Å². The second-order valence-corrected chi connectivity index (χ2v) is 9.26. The van der Waals surface area contributed by atoms with E-state index in [4.69, 9.17) is 5.73 Å². The van der Waals surface area contributed by atoms with E-state index in [1.54, 1.807) is 22.5 Å². The monoisotopic (exact) mass is 379 g/mol. The van der Waals surface area contributed by atoms with E-state index in [0.29, 0.717) is 31.7 Å². The van der Waals surface area contributed by atoms with Crippen LogP contribution in [0.4, 0.5) is 0 Å². The van der Waals surface area contributed by atoms with Crippen LogP contribution in [0, 0.1) is 6.92 Å². The van der Waals surface area contributed by atoms with Crippen molar-refractivity contribution in [2.45, 2.75) is 56.4 Å². The van der Waals surface area contributed by atoms with E-state index >= 15 is 0 Å². The predicted molar refractivity (Wildman–Crippen MR) is 102 cm³/mol. The van der Waals surface area contributed by atoms with Gasteiger partial charge in [0.05, 0.1) is 4.90 Å². The summed E-state index contributed by atoms with van der Waals surface area (Å²) in [6, 6.07) is 4.96. The number of sulfonamides is 1. The fourth-order valence-corrected chi connectivity index (χ4v) is 5.46. The van der Waals surface area contributed by atoms with Gasteiger partial charge in [0, 0.05) is 37.8 Å². The molecule has 3 rings (SSSR count). The highest BCUT2D eigenvalue weighted by atomic mass is 32.2. The zero-order chi connectivity index (χ0) is 18.7. The molecule has 0 aromatic heterocycles. The number of rotatable bonds is 4. The molecule has 7 heteroatoms. The average Bonchev–Trinajstić information content (AvgIpc) is 2.68. The lowest BCUT2D eigenvalue weighted by molar-refractivity contribution is 0.0622. The molecule has 144 valence electrons. The molecule has 0 radical (unpaired) electrons. The van der Waals surface area contributed by atoms with Crippen molar-refractivity contribution in [1.82, 2.24) is 9.21 Å². The van der Waals surface area contributed by atoms with Gasteiger partial charge in [0.2, 0.25) is 10.0 Å². The molecule has 2 aliphatic heterocycles. The number of hydrogen-bond acceptors (Lipinski definition) is 4. The molecular formula is C19H29N3O3S. The number of carbonyl (C=O) groups is 1. The maximum absolute atomic E-state index is 13.1. The Balaban J connectivity index is 1.91. The first-order valence-electron chi connectivity index (χ1n) is 9.57. The summed E-state index contributed by atoms with van der Waals surface area (Å²) in [5.74, 6) is -0.103. The molecular weight excluding hydrogens is 350 g/mol. The van der Waals surface area contributed by atoms with Gasteiger partial charge < -0.3 is 10.6 Å². The van der Waals surface area contributed by atoms with Crippen LogP contribution in [-0.4, -0.2) is 55.8 Å².